The highest BCUT2D eigenvalue weighted by molar-refractivity contribution is 8.00. The fourth-order valence-electron chi connectivity index (χ4n) is 2.51. The molecule has 0 aliphatic carbocycles. The molecule has 1 N–H and O–H groups in total. The summed E-state index contributed by atoms with van der Waals surface area (Å²) in [6.45, 7) is 2.27. The summed E-state index contributed by atoms with van der Waals surface area (Å²) in [5, 5.41) is 8.94. The molecule has 2 aromatic rings. The zero-order valence-corrected chi connectivity index (χ0v) is 12.8. The van der Waals surface area contributed by atoms with Crippen LogP contribution in [0.4, 0.5) is 5.69 Å². The van der Waals surface area contributed by atoms with Gasteiger partial charge in [-0.15, -0.1) is 11.8 Å². The van der Waals surface area contributed by atoms with E-state index < -0.39 is 5.97 Å². The molecule has 0 radical (unpaired) electrons. The van der Waals surface area contributed by atoms with Crippen molar-refractivity contribution in [2.75, 3.05) is 4.90 Å². The van der Waals surface area contributed by atoms with Crippen molar-refractivity contribution in [2.24, 2.45) is 0 Å². The molecule has 1 aliphatic rings. The van der Waals surface area contributed by atoms with Crippen LogP contribution < -0.4 is 4.90 Å². The number of nitrogens with zero attached hydrogens (tertiary/aromatic N) is 1. The maximum Gasteiger partial charge on any atom is 0.335 e. The first-order chi connectivity index (χ1) is 10.6. The number of benzene rings is 2. The maximum absolute atomic E-state index is 12.5. The molecule has 5 heteroatoms. The van der Waals surface area contributed by atoms with Crippen molar-refractivity contribution in [3.05, 3.63) is 59.7 Å². The normalized spacial score (nSPS) is 17.2. The number of thioether (sulfide) groups is 1. The molecule has 0 spiro atoms. The Kier molecular flexibility index (Phi) is 3.90. The number of fused-ring (bicyclic) bond motifs is 1. The number of carboxylic acid groups (broad SMARTS) is 1. The molecule has 0 saturated heterocycles. The van der Waals surface area contributed by atoms with E-state index in [4.69, 9.17) is 5.11 Å². The first kappa shape index (κ1) is 14.7. The Hall–Kier alpha value is -2.27. The van der Waals surface area contributed by atoms with Gasteiger partial charge in [0.2, 0.25) is 5.91 Å². The van der Waals surface area contributed by atoms with Crippen LogP contribution in [0.2, 0.25) is 0 Å². The predicted molar refractivity (Wildman–Crippen MR) is 86.4 cm³/mol. The van der Waals surface area contributed by atoms with Gasteiger partial charge in [0.25, 0.3) is 0 Å². The largest absolute Gasteiger partial charge is 0.478 e. The number of carbonyl (C=O) groups excluding carboxylic acids is 1. The van der Waals surface area contributed by atoms with Gasteiger partial charge >= 0.3 is 5.97 Å². The minimum absolute atomic E-state index is 0.0458. The van der Waals surface area contributed by atoms with E-state index >= 15 is 0 Å². The second kappa shape index (κ2) is 5.85. The molecule has 1 amide bonds. The van der Waals surface area contributed by atoms with Crippen LogP contribution in [0.25, 0.3) is 0 Å². The van der Waals surface area contributed by atoms with E-state index in [2.05, 4.69) is 0 Å². The molecule has 22 heavy (non-hydrogen) atoms. The van der Waals surface area contributed by atoms with E-state index in [1.54, 1.807) is 34.9 Å². The molecular formula is C17H15NO3S. The van der Waals surface area contributed by atoms with Crippen LogP contribution in [0, 0.1) is 0 Å². The highest BCUT2D eigenvalue weighted by Gasteiger charge is 2.30. The van der Waals surface area contributed by atoms with Gasteiger partial charge in [-0.05, 0) is 36.8 Å². The highest BCUT2D eigenvalue weighted by Crippen LogP contribution is 2.39. The number of carbonyl (C=O) groups is 2. The topological polar surface area (TPSA) is 57.6 Å². The van der Waals surface area contributed by atoms with Crippen LogP contribution in [0.3, 0.4) is 0 Å². The maximum atomic E-state index is 12.5. The minimum Gasteiger partial charge on any atom is -0.478 e. The lowest BCUT2D eigenvalue weighted by atomic mass is 10.1. The molecule has 1 unspecified atom stereocenters. The SMILES string of the molecule is CC1Sc2ccccc2N(Cc2cccc(C(=O)O)c2)C1=O. The average Bonchev–Trinajstić information content (AvgIpc) is 2.52. The first-order valence-electron chi connectivity index (χ1n) is 6.95. The molecule has 0 bridgehead atoms. The second-order valence-electron chi connectivity index (χ2n) is 5.16. The van der Waals surface area contributed by atoms with Crippen LogP contribution in [0.15, 0.2) is 53.4 Å². The molecule has 1 heterocycles. The Morgan fingerprint density at radius 1 is 1.23 bits per heavy atom. The Morgan fingerprint density at radius 3 is 2.77 bits per heavy atom. The lowest BCUT2D eigenvalue weighted by Crippen LogP contribution is -2.39. The zero-order chi connectivity index (χ0) is 15.7. The quantitative estimate of drug-likeness (QED) is 0.943. The number of aromatic carboxylic acids is 1. The monoisotopic (exact) mass is 313 g/mol. The van der Waals surface area contributed by atoms with Gasteiger partial charge in [-0.2, -0.15) is 0 Å². The third-order valence-electron chi connectivity index (χ3n) is 3.59. The standard InChI is InChI=1S/C17H15NO3S/c1-11-16(19)18(14-7-2-3-8-15(14)22-11)10-12-5-4-6-13(9-12)17(20)21/h2-9,11H,10H2,1H3,(H,20,21). The molecule has 4 nitrogen and oxygen atoms in total. The Morgan fingerprint density at radius 2 is 2.00 bits per heavy atom. The van der Waals surface area contributed by atoms with Crippen molar-refractivity contribution in [1.82, 2.24) is 0 Å². The third-order valence-corrected chi connectivity index (χ3v) is 4.74. The molecular weight excluding hydrogens is 298 g/mol. The van der Waals surface area contributed by atoms with Gasteiger partial charge in [0.15, 0.2) is 0 Å². The lowest BCUT2D eigenvalue weighted by Gasteiger charge is -2.32. The van der Waals surface area contributed by atoms with E-state index in [0.717, 1.165) is 16.1 Å². The van der Waals surface area contributed by atoms with Gasteiger partial charge in [0.05, 0.1) is 23.0 Å². The summed E-state index contributed by atoms with van der Waals surface area (Å²) in [6.07, 6.45) is 0. The van der Waals surface area contributed by atoms with Gasteiger partial charge in [-0.3, -0.25) is 4.79 Å². The van der Waals surface area contributed by atoms with Crippen LogP contribution in [0.5, 0.6) is 0 Å². The molecule has 0 fully saturated rings. The number of hydrogen-bond donors (Lipinski definition) is 1. The molecule has 112 valence electrons. The van der Waals surface area contributed by atoms with Crippen LogP contribution in [-0.2, 0) is 11.3 Å². The molecule has 1 aliphatic heterocycles. The van der Waals surface area contributed by atoms with E-state index in [1.807, 2.05) is 37.3 Å². The number of amides is 1. The number of anilines is 1. The number of hydrogen-bond acceptors (Lipinski definition) is 3. The summed E-state index contributed by atoms with van der Waals surface area (Å²) in [5.41, 5.74) is 1.93. The first-order valence-corrected chi connectivity index (χ1v) is 7.83. The number of para-hydroxylation sites is 1. The molecule has 0 aromatic heterocycles. The van der Waals surface area contributed by atoms with Crippen molar-refractivity contribution in [2.45, 2.75) is 23.6 Å². The summed E-state index contributed by atoms with van der Waals surface area (Å²) in [7, 11) is 0. The van der Waals surface area contributed by atoms with Gasteiger partial charge < -0.3 is 10.0 Å². The summed E-state index contributed by atoms with van der Waals surface area (Å²) in [5.74, 6) is -0.916. The van der Waals surface area contributed by atoms with Gasteiger partial charge in [0, 0.05) is 4.90 Å². The molecule has 0 saturated carbocycles. The summed E-state index contributed by atoms with van der Waals surface area (Å²) in [4.78, 5) is 26.4. The third kappa shape index (κ3) is 2.72. The Balaban J connectivity index is 1.95. The molecule has 3 rings (SSSR count). The van der Waals surface area contributed by atoms with Crippen molar-refractivity contribution in [3.63, 3.8) is 0 Å². The predicted octanol–water partition coefficient (Wildman–Crippen LogP) is 3.41. The zero-order valence-electron chi connectivity index (χ0n) is 12.0. The summed E-state index contributed by atoms with van der Waals surface area (Å²) < 4.78 is 0. The van der Waals surface area contributed by atoms with Crippen LogP contribution >= 0.6 is 11.8 Å². The average molecular weight is 313 g/mol. The van der Waals surface area contributed by atoms with Crippen LogP contribution in [-0.4, -0.2) is 22.2 Å². The van der Waals surface area contributed by atoms with Gasteiger partial charge in [-0.1, -0.05) is 24.3 Å². The summed E-state index contributed by atoms with van der Waals surface area (Å²) in [6, 6.07) is 14.5. The minimum atomic E-state index is -0.962. The van der Waals surface area contributed by atoms with Crippen molar-refractivity contribution in [3.8, 4) is 0 Å². The van der Waals surface area contributed by atoms with Gasteiger partial charge in [-0.25, -0.2) is 4.79 Å². The number of carboxylic acids is 1. The highest BCUT2D eigenvalue weighted by atomic mass is 32.2. The lowest BCUT2D eigenvalue weighted by molar-refractivity contribution is -0.118. The van der Waals surface area contributed by atoms with Crippen LogP contribution in [0.1, 0.15) is 22.8 Å². The Labute approximate surface area is 132 Å². The van der Waals surface area contributed by atoms with Gasteiger partial charge in [0.1, 0.15) is 0 Å². The van der Waals surface area contributed by atoms with Crippen molar-refractivity contribution < 1.29 is 14.7 Å². The van der Waals surface area contributed by atoms with E-state index in [-0.39, 0.29) is 16.7 Å². The van der Waals surface area contributed by atoms with Crippen molar-refractivity contribution in [1.29, 1.82) is 0 Å². The number of rotatable bonds is 3. The smallest absolute Gasteiger partial charge is 0.335 e. The summed E-state index contributed by atoms with van der Waals surface area (Å²) >= 11 is 1.56. The van der Waals surface area contributed by atoms with E-state index in [0.29, 0.717) is 6.54 Å². The van der Waals surface area contributed by atoms with E-state index in [1.165, 1.54) is 0 Å². The fraction of sp³-hybridized carbons (Fsp3) is 0.176. The Bertz CT molecular complexity index is 744. The fourth-order valence-corrected chi connectivity index (χ4v) is 3.57. The molecule has 2 aromatic carbocycles. The van der Waals surface area contributed by atoms with Crippen molar-refractivity contribution >= 4 is 29.3 Å². The van der Waals surface area contributed by atoms with E-state index in [9.17, 15) is 9.59 Å². The second-order valence-corrected chi connectivity index (χ2v) is 6.54. The molecule has 1 atom stereocenters.